The number of carboxylic acid groups (broad SMARTS) is 1. The number of methoxy groups -OCH3 is 1. The largest absolute Gasteiger partial charge is 0.573 e. The molecule has 1 aromatic rings. The molecule has 0 atom stereocenters. The maximum atomic E-state index is 11.8. The third-order valence-electron chi connectivity index (χ3n) is 1.63. The van der Waals surface area contributed by atoms with Crippen molar-refractivity contribution in [2.45, 2.75) is 6.36 Å². The Balaban J connectivity index is 3.05. The molecule has 0 aliphatic heterocycles. The van der Waals surface area contributed by atoms with E-state index in [0.717, 1.165) is 25.3 Å². The Bertz CT molecular complexity index is 400. The highest BCUT2D eigenvalue weighted by molar-refractivity contribution is 5.89. The summed E-state index contributed by atoms with van der Waals surface area (Å²) >= 11 is 0. The topological polar surface area (TPSA) is 58.6 Å². The van der Waals surface area contributed by atoms with Crippen LogP contribution in [0.2, 0.25) is 0 Å². The Kier molecular flexibility index (Phi) is 3.26. The molecule has 1 aromatic carbocycles. The van der Waals surface area contributed by atoms with Crippen LogP contribution >= 0.6 is 0 Å². The molecule has 1 rings (SSSR count). The average molecular weight is 235 g/mol. The molecule has 0 heterocycles. The second kappa shape index (κ2) is 4.30. The van der Waals surface area contributed by atoms with Gasteiger partial charge in [-0.25, -0.2) is 0 Å². The van der Waals surface area contributed by atoms with Gasteiger partial charge in [-0.3, -0.25) is 0 Å². The number of alkyl halides is 3. The molecule has 0 spiro atoms. The van der Waals surface area contributed by atoms with E-state index in [1.165, 1.54) is 0 Å². The lowest BCUT2D eigenvalue weighted by Gasteiger charge is -2.13. The number of carbonyl (C=O) groups excluding carboxylic acids is 1. The van der Waals surface area contributed by atoms with Crippen LogP contribution in [0.4, 0.5) is 13.2 Å². The summed E-state index contributed by atoms with van der Waals surface area (Å²) in [6.07, 6.45) is -4.84. The summed E-state index contributed by atoms with van der Waals surface area (Å²) in [5.74, 6) is -2.37. The van der Waals surface area contributed by atoms with Crippen molar-refractivity contribution in [1.29, 1.82) is 0 Å². The number of aromatic carboxylic acids is 1. The molecule has 0 aromatic heterocycles. The van der Waals surface area contributed by atoms with Gasteiger partial charge in [0, 0.05) is 11.6 Å². The Morgan fingerprint density at radius 2 is 2.00 bits per heavy atom. The van der Waals surface area contributed by atoms with Gasteiger partial charge in [0.25, 0.3) is 0 Å². The zero-order valence-corrected chi connectivity index (χ0v) is 8.00. The van der Waals surface area contributed by atoms with Crippen molar-refractivity contribution in [2.24, 2.45) is 0 Å². The summed E-state index contributed by atoms with van der Waals surface area (Å²) in [4.78, 5) is 10.5. The van der Waals surface area contributed by atoms with Gasteiger partial charge in [0.05, 0.1) is 13.1 Å². The molecule has 88 valence electrons. The van der Waals surface area contributed by atoms with Crippen LogP contribution in [-0.2, 0) is 0 Å². The van der Waals surface area contributed by atoms with Crippen LogP contribution in [0.15, 0.2) is 18.2 Å². The Labute approximate surface area is 88.2 Å². The summed E-state index contributed by atoms with van der Waals surface area (Å²) in [5, 5.41) is 10.5. The lowest BCUT2D eigenvalue weighted by atomic mass is 10.2. The fraction of sp³-hybridized carbons (Fsp3) is 0.222. The molecule has 0 fully saturated rings. The number of ether oxygens (including phenoxy) is 2. The van der Waals surface area contributed by atoms with Crippen LogP contribution in [0.3, 0.4) is 0 Å². The average Bonchev–Trinajstić information content (AvgIpc) is 2.14. The Morgan fingerprint density at radius 3 is 2.44 bits per heavy atom. The minimum Gasteiger partial charge on any atom is -0.545 e. The van der Waals surface area contributed by atoms with E-state index in [1.807, 2.05) is 0 Å². The second-order valence-corrected chi connectivity index (χ2v) is 2.70. The molecule has 0 unspecified atom stereocenters. The van der Waals surface area contributed by atoms with Crippen molar-refractivity contribution < 1.29 is 32.5 Å². The number of rotatable bonds is 3. The van der Waals surface area contributed by atoms with E-state index in [4.69, 9.17) is 0 Å². The minimum atomic E-state index is -4.84. The number of benzene rings is 1. The molecule has 0 bridgehead atoms. The van der Waals surface area contributed by atoms with E-state index >= 15 is 0 Å². The van der Waals surface area contributed by atoms with Gasteiger partial charge in [0.1, 0.15) is 11.5 Å². The van der Waals surface area contributed by atoms with Gasteiger partial charge >= 0.3 is 6.36 Å². The monoisotopic (exact) mass is 235 g/mol. The van der Waals surface area contributed by atoms with E-state index < -0.39 is 18.1 Å². The zero-order valence-electron chi connectivity index (χ0n) is 8.00. The van der Waals surface area contributed by atoms with E-state index in [0.29, 0.717) is 0 Å². The molecule has 0 saturated carbocycles. The van der Waals surface area contributed by atoms with Gasteiger partial charge in [0.2, 0.25) is 0 Å². The molecule has 0 amide bonds. The van der Waals surface area contributed by atoms with Crippen LogP contribution in [0.5, 0.6) is 11.5 Å². The van der Waals surface area contributed by atoms with Crippen molar-refractivity contribution in [3.8, 4) is 11.5 Å². The SMILES string of the molecule is COc1cc(OC(F)(F)F)ccc1C(=O)[O-]. The molecule has 0 aliphatic carbocycles. The molecular formula is C9H6F3O4-. The molecule has 0 radical (unpaired) electrons. The number of carboxylic acids is 1. The first-order chi connectivity index (χ1) is 7.33. The highest BCUT2D eigenvalue weighted by Crippen LogP contribution is 2.28. The zero-order chi connectivity index (χ0) is 12.3. The fourth-order valence-corrected chi connectivity index (χ4v) is 1.04. The van der Waals surface area contributed by atoms with Crippen LogP contribution in [0.1, 0.15) is 10.4 Å². The van der Waals surface area contributed by atoms with Gasteiger partial charge in [0.15, 0.2) is 0 Å². The third-order valence-corrected chi connectivity index (χ3v) is 1.63. The standard InChI is InChI=1S/C9H7F3O4/c1-15-7-4-5(16-9(10,11)12)2-3-6(7)8(13)14/h2-4H,1H3,(H,13,14)/p-1. The molecule has 0 saturated heterocycles. The minimum absolute atomic E-state index is 0.262. The van der Waals surface area contributed by atoms with Gasteiger partial charge < -0.3 is 19.4 Å². The normalized spacial score (nSPS) is 11.0. The molecule has 0 aliphatic rings. The van der Waals surface area contributed by atoms with Gasteiger partial charge in [-0.1, -0.05) is 0 Å². The summed E-state index contributed by atoms with van der Waals surface area (Å²) in [5.41, 5.74) is -0.350. The highest BCUT2D eigenvalue weighted by Gasteiger charge is 2.31. The maximum Gasteiger partial charge on any atom is 0.573 e. The summed E-state index contributed by atoms with van der Waals surface area (Å²) in [7, 11) is 1.12. The van der Waals surface area contributed by atoms with Crippen LogP contribution < -0.4 is 14.6 Å². The van der Waals surface area contributed by atoms with Crippen LogP contribution in [0, 0.1) is 0 Å². The van der Waals surface area contributed by atoms with Gasteiger partial charge in [-0.05, 0) is 12.1 Å². The van der Waals surface area contributed by atoms with Crippen molar-refractivity contribution in [2.75, 3.05) is 7.11 Å². The first-order valence-electron chi connectivity index (χ1n) is 3.98. The van der Waals surface area contributed by atoms with Crippen molar-refractivity contribution in [3.05, 3.63) is 23.8 Å². The third kappa shape index (κ3) is 3.04. The van der Waals surface area contributed by atoms with Crippen molar-refractivity contribution >= 4 is 5.97 Å². The first-order valence-corrected chi connectivity index (χ1v) is 3.98. The second-order valence-electron chi connectivity index (χ2n) is 2.70. The van der Waals surface area contributed by atoms with Crippen molar-refractivity contribution in [1.82, 2.24) is 0 Å². The van der Waals surface area contributed by atoms with Gasteiger partial charge in [-0.15, -0.1) is 13.2 Å². The van der Waals surface area contributed by atoms with Crippen LogP contribution in [0.25, 0.3) is 0 Å². The highest BCUT2D eigenvalue weighted by atomic mass is 19.4. The predicted molar refractivity (Wildman–Crippen MR) is 44.0 cm³/mol. The Morgan fingerprint density at radius 1 is 1.38 bits per heavy atom. The molecular weight excluding hydrogens is 229 g/mol. The van der Waals surface area contributed by atoms with E-state index in [-0.39, 0.29) is 11.3 Å². The summed E-state index contributed by atoms with van der Waals surface area (Å²) < 4.78 is 43.7. The quantitative estimate of drug-likeness (QED) is 0.782. The summed E-state index contributed by atoms with van der Waals surface area (Å²) in [6, 6.07) is 2.59. The molecule has 7 heteroatoms. The molecule has 0 N–H and O–H groups in total. The smallest absolute Gasteiger partial charge is 0.545 e. The van der Waals surface area contributed by atoms with E-state index in [9.17, 15) is 23.1 Å². The van der Waals surface area contributed by atoms with E-state index in [2.05, 4.69) is 9.47 Å². The van der Waals surface area contributed by atoms with Crippen LogP contribution in [-0.4, -0.2) is 19.4 Å². The maximum absolute atomic E-state index is 11.8. The fourth-order valence-electron chi connectivity index (χ4n) is 1.04. The van der Waals surface area contributed by atoms with Crippen molar-refractivity contribution in [3.63, 3.8) is 0 Å². The Hall–Kier alpha value is -1.92. The molecule has 16 heavy (non-hydrogen) atoms. The number of hydrogen-bond acceptors (Lipinski definition) is 4. The summed E-state index contributed by atoms with van der Waals surface area (Å²) in [6.45, 7) is 0. The van der Waals surface area contributed by atoms with Gasteiger partial charge in [-0.2, -0.15) is 0 Å². The first kappa shape index (κ1) is 12.2. The lowest BCUT2D eigenvalue weighted by molar-refractivity contribution is -0.274. The number of halogens is 3. The lowest BCUT2D eigenvalue weighted by Crippen LogP contribution is -2.23. The number of hydrogen-bond donors (Lipinski definition) is 0. The predicted octanol–water partition coefficient (Wildman–Crippen LogP) is 0.957. The number of carbonyl (C=O) groups is 1. The van der Waals surface area contributed by atoms with E-state index in [1.54, 1.807) is 0 Å². The molecule has 4 nitrogen and oxygen atoms in total.